The monoisotopic (exact) mass is 617 g/mol. The van der Waals surface area contributed by atoms with E-state index in [0.717, 1.165) is 16.3 Å². The molecule has 1 N–H and O–H groups in total. The van der Waals surface area contributed by atoms with E-state index in [2.05, 4.69) is 5.32 Å². The summed E-state index contributed by atoms with van der Waals surface area (Å²) in [6, 6.07) is 17.5. The van der Waals surface area contributed by atoms with Gasteiger partial charge in [0.15, 0.2) is 0 Å². The highest BCUT2D eigenvalue weighted by atomic mass is 35.5. The van der Waals surface area contributed by atoms with Crippen LogP contribution in [-0.2, 0) is 26.2 Å². The van der Waals surface area contributed by atoms with Crippen LogP contribution in [0.5, 0.6) is 0 Å². The number of hydrogen-bond acceptors (Lipinski definition) is 4. The first-order valence-corrected chi connectivity index (χ1v) is 15.8. The molecule has 3 rings (SSSR count). The number of halogens is 2. The quantitative estimate of drug-likeness (QED) is 0.250. The summed E-state index contributed by atoms with van der Waals surface area (Å²) in [5.74, 6) is -0.831. The van der Waals surface area contributed by atoms with Crippen molar-refractivity contribution in [3.8, 4) is 0 Å². The minimum absolute atomic E-state index is 0.0359. The van der Waals surface area contributed by atoms with E-state index >= 15 is 0 Å². The predicted molar refractivity (Wildman–Crippen MR) is 166 cm³/mol. The van der Waals surface area contributed by atoms with Gasteiger partial charge in [0.2, 0.25) is 11.8 Å². The highest BCUT2D eigenvalue weighted by molar-refractivity contribution is 7.92. The molecule has 0 saturated heterocycles. The van der Waals surface area contributed by atoms with E-state index in [1.54, 1.807) is 49.4 Å². The van der Waals surface area contributed by atoms with Crippen LogP contribution in [0.2, 0.25) is 10.0 Å². The molecule has 10 heteroatoms. The number of carbonyl (C=O) groups excluding carboxylic acids is 2. The molecule has 0 radical (unpaired) electrons. The first-order valence-electron chi connectivity index (χ1n) is 13.6. The molecule has 220 valence electrons. The van der Waals surface area contributed by atoms with Gasteiger partial charge in [-0.15, -0.1) is 0 Å². The Labute approximate surface area is 253 Å². The van der Waals surface area contributed by atoms with Crippen molar-refractivity contribution >= 4 is 50.7 Å². The molecule has 41 heavy (non-hydrogen) atoms. The average Bonchev–Trinajstić information content (AvgIpc) is 2.95. The number of benzene rings is 3. The molecular weight excluding hydrogens is 581 g/mol. The lowest BCUT2D eigenvalue weighted by molar-refractivity contribution is -0.140. The van der Waals surface area contributed by atoms with Gasteiger partial charge in [-0.1, -0.05) is 73.4 Å². The lowest BCUT2D eigenvalue weighted by Gasteiger charge is -2.34. The molecule has 0 saturated carbocycles. The van der Waals surface area contributed by atoms with Crippen LogP contribution in [0.15, 0.2) is 71.6 Å². The lowest BCUT2D eigenvalue weighted by atomic mass is 10.1. The number of anilines is 1. The number of sulfonamides is 1. The van der Waals surface area contributed by atoms with E-state index in [1.165, 1.54) is 17.0 Å². The van der Waals surface area contributed by atoms with Crippen molar-refractivity contribution in [3.05, 3.63) is 93.5 Å². The summed E-state index contributed by atoms with van der Waals surface area (Å²) >= 11 is 12.4. The van der Waals surface area contributed by atoms with Crippen LogP contribution >= 0.6 is 23.2 Å². The summed E-state index contributed by atoms with van der Waals surface area (Å²) in [4.78, 5) is 29.1. The number of hydrogen-bond donors (Lipinski definition) is 1. The number of rotatable bonds is 12. The van der Waals surface area contributed by atoms with Crippen molar-refractivity contribution < 1.29 is 18.0 Å². The third-order valence-electron chi connectivity index (χ3n) is 6.97. The first-order chi connectivity index (χ1) is 19.4. The zero-order chi connectivity index (χ0) is 30.3. The fourth-order valence-corrected chi connectivity index (χ4v) is 6.23. The maximum atomic E-state index is 14.2. The molecule has 7 nitrogen and oxygen atoms in total. The summed E-state index contributed by atoms with van der Waals surface area (Å²) in [5.41, 5.74) is 2.60. The van der Waals surface area contributed by atoms with Gasteiger partial charge in [0, 0.05) is 12.6 Å². The molecule has 0 unspecified atom stereocenters. The molecule has 3 aromatic carbocycles. The molecule has 0 fully saturated rings. The van der Waals surface area contributed by atoms with Crippen LogP contribution in [0.3, 0.4) is 0 Å². The third kappa shape index (κ3) is 8.03. The molecule has 0 aliphatic heterocycles. The van der Waals surface area contributed by atoms with Gasteiger partial charge in [0.25, 0.3) is 10.0 Å². The van der Waals surface area contributed by atoms with Crippen molar-refractivity contribution in [1.29, 1.82) is 0 Å². The number of nitrogens with one attached hydrogen (secondary N) is 1. The molecule has 0 aromatic heterocycles. The topological polar surface area (TPSA) is 86.8 Å². The fraction of sp³-hybridized carbons (Fsp3) is 0.355. The largest absolute Gasteiger partial charge is 0.352 e. The molecule has 2 amide bonds. The molecule has 2 atom stereocenters. The van der Waals surface area contributed by atoms with Gasteiger partial charge >= 0.3 is 0 Å². The Morgan fingerprint density at radius 1 is 0.902 bits per heavy atom. The van der Waals surface area contributed by atoms with Crippen LogP contribution in [-0.4, -0.2) is 43.8 Å². The first kappa shape index (κ1) is 32.4. The summed E-state index contributed by atoms with van der Waals surface area (Å²) in [7, 11) is -4.14. The second-order valence-electron chi connectivity index (χ2n) is 10.1. The van der Waals surface area contributed by atoms with Crippen molar-refractivity contribution in [3.63, 3.8) is 0 Å². The van der Waals surface area contributed by atoms with Gasteiger partial charge in [-0.3, -0.25) is 13.9 Å². The molecule has 3 aromatic rings. The Balaban J connectivity index is 2.10. The number of aryl methyl sites for hydroxylation is 2. The Bertz CT molecular complexity index is 1480. The molecule has 0 spiro atoms. The van der Waals surface area contributed by atoms with Gasteiger partial charge in [-0.05, 0) is 80.6 Å². The van der Waals surface area contributed by atoms with Crippen molar-refractivity contribution in [2.24, 2.45) is 0 Å². The lowest BCUT2D eigenvalue weighted by Crippen LogP contribution is -2.53. The zero-order valence-electron chi connectivity index (χ0n) is 24.0. The van der Waals surface area contributed by atoms with E-state index in [4.69, 9.17) is 23.2 Å². The van der Waals surface area contributed by atoms with Crippen molar-refractivity contribution in [2.75, 3.05) is 10.8 Å². The van der Waals surface area contributed by atoms with Gasteiger partial charge in [-0.25, -0.2) is 8.42 Å². The average molecular weight is 619 g/mol. The standard InChI is InChI=1S/C31H37Cl2N3O4S/c1-6-23(5)34-31(38)28(7-2)35(19-24-15-16-26(32)27(33)18-24)30(37)20-36(29-17-21(3)13-14-22(29)4)41(39,40)25-11-9-8-10-12-25/h8-18,23,28H,6-7,19-20H2,1-5H3,(H,34,38)/t23-,28+/m1/s1. The zero-order valence-corrected chi connectivity index (χ0v) is 26.4. The molecule has 0 heterocycles. The molecular formula is C31H37Cl2N3O4S. The van der Waals surface area contributed by atoms with Gasteiger partial charge in [0.1, 0.15) is 12.6 Å². The number of amides is 2. The summed E-state index contributed by atoms with van der Waals surface area (Å²) in [6.45, 7) is 8.87. The molecule has 0 aliphatic rings. The maximum Gasteiger partial charge on any atom is 0.264 e. The Morgan fingerprint density at radius 3 is 2.20 bits per heavy atom. The van der Waals surface area contributed by atoms with Gasteiger partial charge in [-0.2, -0.15) is 0 Å². The summed E-state index contributed by atoms with van der Waals surface area (Å²) in [5, 5.41) is 3.65. The minimum atomic E-state index is -4.14. The fourth-order valence-electron chi connectivity index (χ4n) is 4.42. The highest BCUT2D eigenvalue weighted by Gasteiger charge is 2.34. The second-order valence-corrected chi connectivity index (χ2v) is 12.8. The minimum Gasteiger partial charge on any atom is -0.352 e. The normalized spacial score (nSPS) is 12.9. The van der Waals surface area contributed by atoms with E-state index in [1.807, 2.05) is 39.8 Å². The third-order valence-corrected chi connectivity index (χ3v) is 9.48. The summed E-state index contributed by atoms with van der Waals surface area (Å²) in [6.07, 6.45) is 1.04. The van der Waals surface area contributed by atoms with Gasteiger partial charge < -0.3 is 10.2 Å². The predicted octanol–water partition coefficient (Wildman–Crippen LogP) is 6.53. The van der Waals surface area contributed by atoms with E-state index in [0.29, 0.717) is 33.3 Å². The number of nitrogens with zero attached hydrogens (tertiary/aromatic N) is 2. The van der Waals surface area contributed by atoms with Crippen LogP contribution in [0.4, 0.5) is 5.69 Å². The Kier molecular flexibility index (Phi) is 11.2. The maximum absolute atomic E-state index is 14.2. The van der Waals surface area contributed by atoms with Crippen LogP contribution in [0.1, 0.15) is 50.3 Å². The molecule has 0 bridgehead atoms. The van der Waals surface area contributed by atoms with E-state index < -0.39 is 28.5 Å². The van der Waals surface area contributed by atoms with E-state index in [-0.39, 0.29) is 23.4 Å². The van der Waals surface area contributed by atoms with Crippen LogP contribution in [0.25, 0.3) is 0 Å². The van der Waals surface area contributed by atoms with E-state index in [9.17, 15) is 18.0 Å². The highest BCUT2D eigenvalue weighted by Crippen LogP contribution is 2.29. The van der Waals surface area contributed by atoms with Crippen LogP contribution < -0.4 is 9.62 Å². The Morgan fingerprint density at radius 2 is 1.59 bits per heavy atom. The van der Waals surface area contributed by atoms with Crippen molar-refractivity contribution in [1.82, 2.24) is 10.2 Å². The van der Waals surface area contributed by atoms with Crippen LogP contribution in [0, 0.1) is 13.8 Å². The summed E-state index contributed by atoms with van der Waals surface area (Å²) < 4.78 is 29.1. The SMILES string of the molecule is CC[C@@H](C)NC(=O)[C@H](CC)N(Cc1ccc(Cl)c(Cl)c1)C(=O)CN(c1cc(C)ccc1C)S(=O)(=O)c1ccccc1. The molecule has 0 aliphatic carbocycles. The van der Waals surface area contributed by atoms with Crippen molar-refractivity contribution in [2.45, 2.75) is 71.0 Å². The Hall–Kier alpha value is -3.07. The van der Waals surface area contributed by atoms with Gasteiger partial charge in [0.05, 0.1) is 20.6 Å². The number of carbonyl (C=O) groups is 2. The smallest absolute Gasteiger partial charge is 0.264 e. The second kappa shape index (κ2) is 14.2.